The first-order chi connectivity index (χ1) is 7.15. The van der Waals surface area contributed by atoms with Gasteiger partial charge in [-0.25, -0.2) is 0 Å². The Morgan fingerprint density at radius 1 is 1.33 bits per heavy atom. The second kappa shape index (κ2) is 8.72. The minimum atomic E-state index is 0.113. The van der Waals surface area contributed by atoms with Gasteiger partial charge in [0.15, 0.2) is 0 Å². The van der Waals surface area contributed by atoms with Gasteiger partial charge >= 0.3 is 0 Å². The van der Waals surface area contributed by atoms with Gasteiger partial charge in [-0.3, -0.25) is 4.79 Å². The first-order valence-electron chi connectivity index (χ1n) is 6.04. The number of nitrogens with one attached hydrogen (secondary N) is 1. The number of aliphatic hydroxyl groups excluding tert-OH is 1. The quantitative estimate of drug-likeness (QED) is 0.650. The van der Waals surface area contributed by atoms with Crippen LogP contribution in [0.5, 0.6) is 0 Å². The summed E-state index contributed by atoms with van der Waals surface area (Å²) in [6.07, 6.45) is 3.77. The zero-order valence-electron chi connectivity index (χ0n) is 10.3. The van der Waals surface area contributed by atoms with Gasteiger partial charge in [0, 0.05) is 19.1 Å². The van der Waals surface area contributed by atoms with Crippen LogP contribution in [-0.4, -0.2) is 24.2 Å². The van der Waals surface area contributed by atoms with E-state index in [1.807, 2.05) is 6.92 Å². The van der Waals surface area contributed by atoms with Crippen LogP contribution in [0.3, 0.4) is 0 Å². The Labute approximate surface area is 93.3 Å². The lowest BCUT2D eigenvalue weighted by molar-refractivity contribution is -0.124. The van der Waals surface area contributed by atoms with Crippen LogP contribution in [0.25, 0.3) is 0 Å². The molecule has 0 spiro atoms. The molecule has 0 saturated carbocycles. The van der Waals surface area contributed by atoms with Gasteiger partial charge in [-0.2, -0.15) is 0 Å². The van der Waals surface area contributed by atoms with Crippen LogP contribution < -0.4 is 5.32 Å². The van der Waals surface area contributed by atoms with Gasteiger partial charge in [0.25, 0.3) is 0 Å². The van der Waals surface area contributed by atoms with Gasteiger partial charge in [0.05, 0.1) is 0 Å². The molecular weight excluding hydrogens is 190 g/mol. The molecule has 1 amide bonds. The summed E-state index contributed by atoms with van der Waals surface area (Å²) in [6.45, 7) is 7.04. The predicted octanol–water partition coefficient (Wildman–Crippen LogP) is 1.95. The highest BCUT2D eigenvalue weighted by molar-refractivity contribution is 5.78. The van der Waals surface area contributed by atoms with E-state index in [2.05, 4.69) is 19.2 Å². The SMILES string of the molecule is CCCC(C)C(=O)NCC(CC)CCO. The fourth-order valence-corrected chi connectivity index (χ4v) is 1.62. The third-order valence-electron chi connectivity index (χ3n) is 2.85. The molecule has 0 aromatic rings. The van der Waals surface area contributed by atoms with Crippen molar-refractivity contribution < 1.29 is 9.90 Å². The molecule has 15 heavy (non-hydrogen) atoms. The highest BCUT2D eigenvalue weighted by Gasteiger charge is 2.13. The van der Waals surface area contributed by atoms with Crippen molar-refractivity contribution in [1.29, 1.82) is 0 Å². The Morgan fingerprint density at radius 2 is 2.00 bits per heavy atom. The Bertz CT molecular complexity index is 171. The third kappa shape index (κ3) is 6.50. The second-order valence-corrected chi connectivity index (χ2v) is 4.22. The minimum Gasteiger partial charge on any atom is -0.396 e. The topological polar surface area (TPSA) is 49.3 Å². The summed E-state index contributed by atoms with van der Waals surface area (Å²) in [5.41, 5.74) is 0. The molecule has 0 aromatic carbocycles. The Balaban J connectivity index is 3.76. The molecule has 0 bridgehead atoms. The van der Waals surface area contributed by atoms with Crippen LogP contribution in [0.2, 0.25) is 0 Å². The molecule has 0 heterocycles. The third-order valence-corrected chi connectivity index (χ3v) is 2.85. The van der Waals surface area contributed by atoms with Gasteiger partial charge in [-0.1, -0.05) is 33.6 Å². The molecule has 0 rings (SSSR count). The smallest absolute Gasteiger partial charge is 0.222 e. The number of carbonyl (C=O) groups excluding carboxylic acids is 1. The van der Waals surface area contributed by atoms with Crippen molar-refractivity contribution >= 4 is 5.91 Å². The van der Waals surface area contributed by atoms with E-state index >= 15 is 0 Å². The van der Waals surface area contributed by atoms with Crippen LogP contribution in [0, 0.1) is 11.8 Å². The van der Waals surface area contributed by atoms with Gasteiger partial charge in [0.2, 0.25) is 5.91 Å². The number of hydrogen-bond donors (Lipinski definition) is 2. The van der Waals surface area contributed by atoms with Gasteiger partial charge < -0.3 is 10.4 Å². The molecule has 3 heteroatoms. The lowest BCUT2D eigenvalue weighted by Gasteiger charge is -2.16. The zero-order valence-corrected chi connectivity index (χ0v) is 10.3. The molecule has 0 saturated heterocycles. The van der Waals surface area contributed by atoms with Gasteiger partial charge in [-0.05, 0) is 18.8 Å². The summed E-state index contributed by atoms with van der Waals surface area (Å²) in [5.74, 6) is 0.669. The molecule has 0 fully saturated rings. The van der Waals surface area contributed by atoms with Crippen LogP contribution in [0.15, 0.2) is 0 Å². The fourth-order valence-electron chi connectivity index (χ4n) is 1.62. The average Bonchev–Trinajstić information content (AvgIpc) is 2.24. The summed E-state index contributed by atoms with van der Waals surface area (Å²) in [7, 11) is 0. The molecule has 0 aliphatic heterocycles. The van der Waals surface area contributed by atoms with E-state index in [1.165, 1.54) is 0 Å². The van der Waals surface area contributed by atoms with Crippen molar-refractivity contribution in [2.45, 2.75) is 46.5 Å². The Kier molecular flexibility index (Phi) is 8.38. The summed E-state index contributed by atoms with van der Waals surface area (Å²) in [5, 5.41) is 11.8. The van der Waals surface area contributed by atoms with Crippen molar-refractivity contribution in [3.63, 3.8) is 0 Å². The van der Waals surface area contributed by atoms with E-state index in [4.69, 9.17) is 5.11 Å². The molecule has 0 aromatic heterocycles. The maximum atomic E-state index is 11.6. The monoisotopic (exact) mass is 215 g/mol. The van der Waals surface area contributed by atoms with Crippen molar-refractivity contribution in [2.75, 3.05) is 13.2 Å². The van der Waals surface area contributed by atoms with E-state index in [9.17, 15) is 4.79 Å². The van der Waals surface area contributed by atoms with Gasteiger partial charge in [0.1, 0.15) is 0 Å². The number of amides is 1. The highest BCUT2D eigenvalue weighted by atomic mass is 16.3. The maximum Gasteiger partial charge on any atom is 0.222 e. The first-order valence-corrected chi connectivity index (χ1v) is 6.04. The number of carbonyl (C=O) groups is 1. The Morgan fingerprint density at radius 3 is 2.47 bits per heavy atom. The normalized spacial score (nSPS) is 14.7. The minimum absolute atomic E-state index is 0.113. The van der Waals surface area contributed by atoms with Crippen LogP contribution in [0.4, 0.5) is 0 Å². The number of rotatable bonds is 8. The molecule has 2 unspecified atom stereocenters. The van der Waals surface area contributed by atoms with Gasteiger partial charge in [-0.15, -0.1) is 0 Å². The molecule has 90 valence electrons. The summed E-state index contributed by atoms with van der Waals surface area (Å²) in [6, 6.07) is 0. The summed E-state index contributed by atoms with van der Waals surface area (Å²) >= 11 is 0. The lowest BCUT2D eigenvalue weighted by atomic mass is 10.0. The highest BCUT2D eigenvalue weighted by Crippen LogP contribution is 2.08. The largest absolute Gasteiger partial charge is 0.396 e. The lowest BCUT2D eigenvalue weighted by Crippen LogP contribution is -2.33. The van der Waals surface area contributed by atoms with E-state index in [-0.39, 0.29) is 18.4 Å². The average molecular weight is 215 g/mol. The fraction of sp³-hybridized carbons (Fsp3) is 0.917. The molecule has 3 nitrogen and oxygen atoms in total. The van der Waals surface area contributed by atoms with Crippen molar-refractivity contribution in [3.8, 4) is 0 Å². The number of hydrogen-bond acceptors (Lipinski definition) is 2. The molecule has 0 aliphatic carbocycles. The molecule has 0 aliphatic rings. The van der Waals surface area contributed by atoms with Crippen molar-refractivity contribution in [3.05, 3.63) is 0 Å². The van der Waals surface area contributed by atoms with E-state index in [1.54, 1.807) is 0 Å². The summed E-state index contributed by atoms with van der Waals surface area (Å²) < 4.78 is 0. The second-order valence-electron chi connectivity index (χ2n) is 4.22. The molecular formula is C12H25NO2. The Hall–Kier alpha value is -0.570. The maximum absolute atomic E-state index is 11.6. The van der Waals surface area contributed by atoms with E-state index in [0.717, 1.165) is 25.7 Å². The molecule has 2 atom stereocenters. The standard InChI is InChI=1S/C12H25NO2/c1-4-6-10(3)12(15)13-9-11(5-2)7-8-14/h10-11,14H,4-9H2,1-3H3,(H,13,15). The molecule has 0 radical (unpaired) electrons. The number of aliphatic hydroxyl groups is 1. The van der Waals surface area contributed by atoms with E-state index in [0.29, 0.717) is 12.5 Å². The molecule has 2 N–H and O–H groups in total. The van der Waals surface area contributed by atoms with Crippen LogP contribution >= 0.6 is 0 Å². The summed E-state index contributed by atoms with van der Waals surface area (Å²) in [4.78, 5) is 11.6. The predicted molar refractivity (Wildman–Crippen MR) is 62.6 cm³/mol. The van der Waals surface area contributed by atoms with Crippen LogP contribution in [-0.2, 0) is 4.79 Å². The van der Waals surface area contributed by atoms with E-state index < -0.39 is 0 Å². The van der Waals surface area contributed by atoms with Crippen LogP contribution in [0.1, 0.15) is 46.5 Å². The van der Waals surface area contributed by atoms with Crippen molar-refractivity contribution in [1.82, 2.24) is 5.32 Å². The van der Waals surface area contributed by atoms with Crippen molar-refractivity contribution in [2.24, 2.45) is 11.8 Å². The zero-order chi connectivity index (χ0) is 11.7. The first kappa shape index (κ1) is 14.4.